The van der Waals surface area contributed by atoms with E-state index in [4.69, 9.17) is 33.2 Å². The third-order valence-corrected chi connectivity index (χ3v) is 7.53. The van der Waals surface area contributed by atoms with Gasteiger partial charge in [-0.1, -0.05) is 46.3 Å². The van der Waals surface area contributed by atoms with Gasteiger partial charge in [-0.25, -0.2) is 4.79 Å². The zero-order valence-corrected chi connectivity index (χ0v) is 25.1. The highest BCUT2D eigenvalue weighted by Gasteiger charge is 2.33. The lowest BCUT2D eigenvalue weighted by Gasteiger charge is -2.20. The SMILES string of the molecule is CCOC(=O)c1ccc2c(c1)OC(C(Br)c1ccc(OCc3ccc(OC)cc3)c(OCc3ccc(OC)cc3)c1)O2. The highest BCUT2D eigenvalue weighted by molar-refractivity contribution is 9.09. The second-order valence-corrected chi connectivity index (χ2v) is 10.4. The Kier molecular flexibility index (Phi) is 9.38. The first kappa shape index (κ1) is 29.1. The number of hydrogen-bond acceptors (Lipinski definition) is 8. The van der Waals surface area contributed by atoms with Crippen LogP contribution in [0.5, 0.6) is 34.5 Å². The number of methoxy groups -OCH3 is 2. The van der Waals surface area contributed by atoms with E-state index in [9.17, 15) is 4.79 Å². The highest BCUT2D eigenvalue weighted by Crippen LogP contribution is 2.43. The molecular weight excluding hydrogens is 604 g/mol. The minimum Gasteiger partial charge on any atom is -0.497 e. The lowest BCUT2D eigenvalue weighted by Crippen LogP contribution is -2.23. The summed E-state index contributed by atoms with van der Waals surface area (Å²) >= 11 is 3.74. The maximum atomic E-state index is 12.2. The second-order valence-electron chi connectivity index (χ2n) is 9.37. The summed E-state index contributed by atoms with van der Waals surface area (Å²) in [5.41, 5.74) is 3.23. The summed E-state index contributed by atoms with van der Waals surface area (Å²) in [5.74, 6) is 3.34. The molecule has 0 aromatic heterocycles. The number of fused-ring (bicyclic) bond motifs is 1. The van der Waals surface area contributed by atoms with Gasteiger partial charge in [-0.3, -0.25) is 0 Å². The van der Waals surface area contributed by atoms with E-state index in [-0.39, 0.29) is 4.83 Å². The summed E-state index contributed by atoms with van der Waals surface area (Å²) in [6.45, 7) is 2.74. The third-order valence-electron chi connectivity index (χ3n) is 6.57. The minimum absolute atomic E-state index is 0.294. The standard InChI is InChI=1S/C33H31BrO8/c1-4-38-32(35)24-10-16-28-30(18-24)42-33(41-28)31(34)23-9-15-27(39-19-21-5-11-25(36-2)12-6-21)29(17-23)40-20-22-7-13-26(37-3)14-8-22/h5-18,31,33H,4,19-20H2,1-3H3. The molecule has 0 radical (unpaired) electrons. The Morgan fingerprint density at radius 3 is 1.95 bits per heavy atom. The van der Waals surface area contributed by atoms with E-state index < -0.39 is 12.3 Å². The topological polar surface area (TPSA) is 81.7 Å². The molecule has 0 N–H and O–H groups in total. The summed E-state index contributed by atoms with van der Waals surface area (Å²) < 4.78 is 40.2. The van der Waals surface area contributed by atoms with Crippen LogP contribution in [0, 0.1) is 0 Å². The Morgan fingerprint density at radius 2 is 1.36 bits per heavy atom. The molecule has 1 aliphatic heterocycles. The van der Waals surface area contributed by atoms with E-state index in [0.29, 0.717) is 48.4 Å². The van der Waals surface area contributed by atoms with Gasteiger partial charge in [-0.2, -0.15) is 0 Å². The van der Waals surface area contributed by atoms with Crippen LogP contribution in [-0.2, 0) is 18.0 Å². The molecule has 5 rings (SSSR count). The number of rotatable bonds is 12. The zero-order chi connectivity index (χ0) is 29.5. The molecule has 0 saturated heterocycles. The van der Waals surface area contributed by atoms with Crippen molar-refractivity contribution in [2.24, 2.45) is 0 Å². The van der Waals surface area contributed by atoms with Gasteiger partial charge < -0.3 is 33.2 Å². The Morgan fingerprint density at radius 1 is 0.762 bits per heavy atom. The Hall–Kier alpha value is -4.37. The lowest BCUT2D eigenvalue weighted by atomic mass is 10.1. The molecule has 1 heterocycles. The molecule has 4 aromatic rings. The number of alkyl halides is 1. The van der Waals surface area contributed by atoms with Crippen LogP contribution >= 0.6 is 15.9 Å². The van der Waals surface area contributed by atoms with Crippen LogP contribution in [0.1, 0.15) is 38.8 Å². The molecule has 42 heavy (non-hydrogen) atoms. The van der Waals surface area contributed by atoms with Crippen LogP contribution < -0.4 is 28.4 Å². The molecule has 4 aromatic carbocycles. The van der Waals surface area contributed by atoms with Crippen molar-refractivity contribution in [3.05, 3.63) is 107 Å². The first-order valence-electron chi connectivity index (χ1n) is 13.4. The molecule has 0 amide bonds. The fraction of sp³-hybridized carbons (Fsp3) is 0.242. The van der Waals surface area contributed by atoms with Crippen molar-refractivity contribution in [3.63, 3.8) is 0 Å². The van der Waals surface area contributed by atoms with Crippen molar-refractivity contribution in [1.29, 1.82) is 0 Å². The highest BCUT2D eigenvalue weighted by atomic mass is 79.9. The number of benzene rings is 4. The molecule has 0 bridgehead atoms. The predicted octanol–water partition coefficient (Wildman–Crippen LogP) is 7.27. The average molecular weight is 636 g/mol. The van der Waals surface area contributed by atoms with E-state index in [0.717, 1.165) is 28.2 Å². The van der Waals surface area contributed by atoms with Gasteiger partial charge in [-0.15, -0.1) is 0 Å². The van der Waals surface area contributed by atoms with Gasteiger partial charge in [0.1, 0.15) is 29.5 Å². The molecule has 1 aliphatic rings. The smallest absolute Gasteiger partial charge is 0.338 e. The summed E-state index contributed by atoms with van der Waals surface area (Å²) in [7, 11) is 3.27. The van der Waals surface area contributed by atoms with E-state index in [1.54, 1.807) is 39.3 Å². The maximum Gasteiger partial charge on any atom is 0.338 e. The summed E-state index contributed by atoms with van der Waals surface area (Å²) in [6, 6.07) is 26.1. The number of carbonyl (C=O) groups excluding carboxylic acids is 1. The lowest BCUT2D eigenvalue weighted by molar-refractivity contribution is 0.0482. The molecular formula is C33H31BrO8. The van der Waals surface area contributed by atoms with Crippen LogP contribution in [0.25, 0.3) is 0 Å². The molecule has 2 unspecified atom stereocenters. The van der Waals surface area contributed by atoms with Gasteiger partial charge in [0.15, 0.2) is 23.0 Å². The quantitative estimate of drug-likeness (QED) is 0.119. The van der Waals surface area contributed by atoms with Crippen LogP contribution in [-0.4, -0.2) is 33.1 Å². The predicted molar refractivity (Wildman–Crippen MR) is 160 cm³/mol. The zero-order valence-electron chi connectivity index (χ0n) is 23.5. The van der Waals surface area contributed by atoms with E-state index >= 15 is 0 Å². The van der Waals surface area contributed by atoms with E-state index in [1.165, 1.54) is 0 Å². The summed E-state index contributed by atoms with van der Waals surface area (Å²) in [4.78, 5) is 11.8. The van der Waals surface area contributed by atoms with Gasteiger partial charge in [0.05, 0.1) is 26.4 Å². The average Bonchev–Trinajstić information content (AvgIpc) is 3.47. The van der Waals surface area contributed by atoms with Gasteiger partial charge in [0, 0.05) is 0 Å². The number of carbonyl (C=O) groups is 1. The van der Waals surface area contributed by atoms with E-state index in [1.807, 2.05) is 66.7 Å². The maximum absolute atomic E-state index is 12.2. The molecule has 0 spiro atoms. The van der Waals surface area contributed by atoms with Gasteiger partial charge >= 0.3 is 5.97 Å². The van der Waals surface area contributed by atoms with Crippen LogP contribution in [0.3, 0.4) is 0 Å². The molecule has 0 saturated carbocycles. The van der Waals surface area contributed by atoms with Gasteiger partial charge in [0.25, 0.3) is 6.29 Å². The molecule has 218 valence electrons. The number of ether oxygens (including phenoxy) is 7. The summed E-state index contributed by atoms with van der Waals surface area (Å²) in [5, 5.41) is 0. The fourth-order valence-electron chi connectivity index (χ4n) is 4.28. The molecule has 8 nitrogen and oxygen atoms in total. The second kappa shape index (κ2) is 13.5. The molecule has 9 heteroatoms. The number of esters is 1. The van der Waals surface area contributed by atoms with Crippen molar-refractivity contribution in [2.75, 3.05) is 20.8 Å². The largest absolute Gasteiger partial charge is 0.497 e. The van der Waals surface area contributed by atoms with Crippen molar-refractivity contribution in [1.82, 2.24) is 0 Å². The number of hydrogen-bond donors (Lipinski definition) is 0. The van der Waals surface area contributed by atoms with Crippen molar-refractivity contribution in [3.8, 4) is 34.5 Å². The normalized spacial score (nSPS) is 14.1. The van der Waals surface area contributed by atoms with Gasteiger partial charge in [-0.05, 0) is 78.2 Å². The first-order valence-corrected chi connectivity index (χ1v) is 14.3. The Bertz CT molecular complexity index is 1500. The van der Waals surface area contributed by atoms with Crippen LogP contribution in [0.15, 0.2) is 84.9 Å². The third kappa shape index (κ3) is 6.91. The molecule has 0 fully saturated rings. The minimum atomic E-state index is -0.669. The summed E-state index contributed by atoms with van der Waals surface area (Å²) in [6.07, 6.45) is -0.669. The van der Waals surface area contributed by atoms with Crippen LogP contribution in [0.2, 0.25) is 0 Å². The van der Waals surface area contributed by atoms with E-state index in [2.05, 4.69) is 15.9 Å². The van der Waals surface area contributed by atoms with Crippen molar-refractivity contribution in [2.45, 2.75) is 31.3 Å². The number of halogens is 1. The molecule has 2 atom stereocenters. The monoisotopic (exact) mass is 634 g/mol. The fourth-order valence-corrected chi connectivity index (χ4v) is 4.78. The first-order chi connectivity index (χ1) is 20.5. The Labute approximate surface area is 253 Å². The van der Waals surface area contributed by atoms with Crippen molar-refractivity contribution < 1.29 is 38.0 Å². The van der Waals surface area contributed by atoms with Gasteiger partial charge in [0.2, 0.25) is 0 Å². The van der Waals surface area contributed by atoms with Crippen molar-refractivity contribution >= 4 is 21.9 Å². The molecule has 0 aliphatic carbocycles. The van der Waals surface area contributed by atoms with Crippen LogP contribution in [0.4, 0.5) is 0 Å². The Balaban J connectivity index is 1.33.